The van der Waals surface area contributed by atoms with Crippen LogP contribution in [0.3, 0.4) is 0 Å². The highest BCUT2D eigenvalue weighted by molar-refractivity contribution is 7.09. The second kappa shape index (κ2) is 7.60. The van der Waals surface area contributed by atoms with Crippen molar-refractivity contribution < 1.29 is 4.79 Å². The number of hydrogen-bond donors (Lipinski definition) is 1. The van der Waals surface area contributed by atoms with Gasteiger partial charge in [-0.25, -0.2) is 4.98 Å². The predicted octanol–water partition coefficient (Wildman–Crippen LogP) is 3.03. The highest BCUT2D eigenvalue weighted by Crippen LogP contribution is 2.17. The molecule has 1 fully saturated rings. The Kier molecular flexibility index (Phi) is 5.04. The lowest BCUT2D eigenvalue weighted by Gasteiger charge is -2.32. The number of nitrogens with one attached hydrogen (secondary N) is 1. The summed E-state index contributed by atoms with van der Waals surface area (Å²) in [6.45, 7) is 5.06. The lowest BCUT2D eigenvalue weighted by atomic mass is 10.1. The topological polar surface area (TPSA) is 49.6 Å². The summed E-state index contributed by atoms with van der Waals surface area (Å²) < 4.78 is 2.01. The lowest BCUT2D eigenvalue weighted by Crippen LogP contribution is -2.47. The monoisotopic (exact) mass is 368 g/mol. The van der Waals surface area contributed by atoms with Crippen LogP contribution in [0.1, 0.15) is 29.0 Å². The fraction of sp³-hybridized carbons (Fsp3) is 0.400. The maximum absolute atomic E-state index is 12.6. The Morgan fingerprint density at radius 3 is 3.15 bits per heavy atom. The fourth-order valence-electron chi connectivity index (χ4n) is 3.72. The fourth-order valence-corrected chi connectivity index (χ4v) is 4.46. The molecule has 0 radical (unpaired) electrons. The molecule has 1 aliphatic heterocycles. The number of imidazole rings is 1. The van der Waals surface area contributed by atoms with Gasteiger partial charge in [0.15, 0.2) is 0 Å². The van der Waals surface area contributed by atoms with Crippen molar-refractivity contribution in [1.29, 1.82) is 0 Å². The lowest BCUT2D eigenvalue weighted by molar-refractivity contribution is -0.121. The summed E-state index contributed by atoms with van der Waals surface area (Å²) in [6, 6.07) is 8.54. The standard InChI is InChI=1S/C20H24N4OS/c1-15-5-2-9-24-17(12-21-20(15)24)11-19(25)22-16-6-3-8-23(13-16)14-18-7-4-10-26-18/h2,4-5,7,9-10,12,16H,3,6,8,11,13-14H2,1H3,(H,22,25). The average molecular weight is 369 g/mol. The number of fused-ring (bicyclic) bond motifs is 1. The molecule has 3 aromatic rings. The number of likely N-dealkylation sites (tertiary alicyclic amines) is 1. The van der Waals surface area contributed by atoms with Gasteiger partial charge in [-0.2, -0.15) is 0 Å². The summed E-state index contributed by atoms with van der Waals surface area (Å²) in [6.07, 6.45) is 6.34. The Morgan fingerprint density at radius 1 is 1.38 bits per heavy atom. The number of nitrogens with zero attached hydrogens (tertiary/aromatic N) is 3. The van der Waals surface area contributed by atoms with Crippen LogP contribution in [0.2, 0.25) is 0 Å². The van der Waals surface area contributed by atoms with Crippen molar-refractivity contribution in [2.24, 2.45) is 0 Å². The summed E-state index contributed by atoms with van der Waals surface area (Å²) in [5, 5.41) is 5.35. The van der Waals surface area contributed by atoms with Gasteiger partial charge in [0.1, 0.15) is 5.65 Å². The number of aryl methyl sites for hydroxylation is 1. The minimum Gasteiger partial charge on any atom is -0.352 e. The number of aromatic nitrogens is 2. The van der Waals surface area contributed by atoms with Crippen molar-refractivity contribution >= 4 is 22.9 Å². The van der Waals surface area contributed by atoms with E-state index in [0.717, 1.165) is 49.4 Å². The summed E-state index contributed by atoms with van der Waals surface area (Å²) in [7, 11) is 0. The first-order valence-corrected chi connectivity index (χ1v) is 10.0. The van der Waals surface area contributed by atoms with Crippen molar-refractivity contribution in [3.63, 3.8) is 0 Å². The first-order chi connectivity index (χ1) is 12.7. The maximum Gasteiger partial charge on any atom is 0.226 e. The van der Waals surface area contributed by atoms with E-state index in [1.165, 1.54) is 4.88 Å². The number of hydrogen-bond acceptors (Lipinski definition) is 4. The SMILES string of the molecule is Cc1cccn2c(CC(=O)NC3CCCN(Cc4cccs4)C3)cnc12. The van der Waals surface area contributed by atoms with Crippen LogP contribution < -0.4 is 5.32 Å². The average Bonchev–Trinajstić information content (AvgIpc) is 3.26. The first kappa shape index (κ1) is 17.2. The van der Waals surface area contributed by atoms with E-state index in [1.54, 1.807) is 11.3 Å². The third kappa shape index (κ3) is 3.81. The van der Waals surface area contributed by atoms with Crippen molar-refractivity contribution in [2.45, 2.75) is 38.8 Å². The number of carbonyl (C=O) groups is 1. The number of carbonyl (C=O) groups excluding carboxylic acids is 1. The molecule has 1 saturated heterocycles. The molecule has 1 unspecified atom stereocenters. The molecule has 0 bridgehead atoms. The van der Waals surface area contributed by atoms with E-state index in [9.17, 15) is 4.79 Å². The molecule has 5 nitrogen and oxygen atoms in total. The predicted molar refractivity (Wildman–Crippen MR) is 104 cm³/mol. The van der Waals surface area contributed by atoms with Gasteiger partial charge in [-0.05, 0) is 49.4 Å². The number of thiophene rings is 1. The van der Waals surface area contributed by atoms with Gasteiger partial charge in [0, 0.05) is 36.4 Å². The van der Waals surface area contributed by atoms with Crippen LogP contribution in [0, 0.1) is 6.92 Å². The molecule has 4 heterocycles. The van der Waals surface area contributed by atoms with Gasteiger partial charge in [-0.15, -0.1) is 11.3 Å². The van der Waals surface area contributed by atoms with Crippen LogP contribution >= 0.6 is 11.3 Å². The molecule has 26 heavy (non-hydrogen) atoms. The number of amides is 1. The van der Waals surface area contributed by atoms with E-state index in [2.05, 4.69) is 32.7 Å². The normalized spacial score (nSPS) is 18.3. The van der Waals surface area contributed by atoms with Gasteiger partial charge >= 0.3 is 0 Å². The summed E-state index contributed by atoms with van der Waals surface area (Å²) in [5.74, 6) is 0.0799. The first-order valence-electron chi connectivity index (χ1n) is 9.15. The van der Waals surface area contributed by atoms with Crippen LogP contribution in [0.5, 0.6) is 0 Å². The molecule has 1 N–H and O–H groups in total. The Morgan fingerprint density at radius 2 is 2.31 bits per heavy atom. The zero-order valence-electron chi connectivity index (χ0n) is 15.0. The number of piperidine rings is 1. The molecule has 4 rings (SSSR count). The quantitative estimate of drug-likeness (QED) is 0.753. The molecule has 136 valence electrons. The van der Waals surface area contributed by atoms with Gasteiger partial charge in [-0.3, -0.25) is 9.69 Å². The Labute approximate surface area is 157 Å². The van der Waals surface area contributed by atoms with E-state index in [1.807, 2.05) is 35.9 Å². The molecule has 1 aliphatic rings. The van der Waals surface area contributed by atoms with Gasteiger partial charge in [0.05, 0.1) is 12.1 Å². The van der Waals surface area contributed by atoms with Crippen LogP contribution in [-0.2, 0) is 17.8 Å². The Balaban J connectivity index is 1.36. The van der Waals surface area contributed by atoms with Crippen molar-refractivity contribution in [2.75, 3.05) is 13.1 Å². The minimum atomic E-state index is 0.0799. The van der Waals surface area contributed by atoms with Gasteiger partial charge in [0.25, 0.3) is 0 Å². The maximum atomic E-state index is 12.6. The zero-order valence-corrected chi connectivity index (χ0v) is 15.8. The van der Waals surface area contributed by atoms with Crippen LogP contribution in [-0.4, -0.2) is 39.3 Å². The third-order valence-corrected chi connectivity index (χ3v) is 5.84. The summed E-state index contributed by atoms with van der Waals surface area (Å²) in [4.78, 5) is 20.8. The van der Waals surface area contributed by atoms with E-state index < -0.39 is 0 Å². The number of rotatable bonds is 5. The largest absolute Gasteiger partial charge is 0.352 e. The molecule has 0 saturated carbocycles. The molecular formula is C20H24N4OS. The molecular weight excluding hydrogens is 344 g/mol. The van der Waals surface area contributed by atoms with Crippen LogP contribution in [0.15, 0.2) is 42.0 Å². The van der Waals surface area contributed by atoms with Gasteiger partial charge < -0.3 is 9.72 Å². The molecule has 0 spiro atoms. The molecule has 6 heteroatoms. The van der Waals surface area contributed by atoms with E-state index >= 15 is 0 Å². The zero-order chi connectivity index (χ0) is 17.9. The summed E-state index contributed by atoms with van der Waals surface area (Å²) >= 11 is 1.80. The van der Waals surface area contributed by atoms with Crippen molar-refractivity contribution in [3.8, 4) is 0 Å². The van der Waals surface area contributed by atoms with Gasteiger partial charge in [-0.1, -0.05) is 12.1 Å². The molecule has 3 aromatic heterocycles. The summed E-state index contributed by atoms with van der Waals surface area (Å²) in [5.41, 5.74) is 2.98. The third-order valence-electron chi connectivity index (χ3n) is 4.98. The van der Waals surface area contributed by atoms with E-state index in [4.69, 9.17) is 0 Å². The van der Waals surface area contributed by atoms with Crippen LogP contribution in [0.25, 0.3) is 5.65 Å². The second-order valence-electron chi connectivity index (χ2n) is 7.03. The van der Waals surface area contributed by atoms with Gasteiger partial charge in [0.2, 0.25) is 5.91 Å². The Hall–Kier alpha value is -2.18. The highest BCUT2D eigenvalue weighted by Gasteiger charge is 2.22. The Bertz CT molecular complexity index is 886. The molecule has 0 aliphatic carbocycles. The molecule has 0 aromatic carbocycles. The minimum absolute atomic E-state index is 0.0799. The molecule has 1 amide bonds. The van der Waals surface area contributed by atoms with E-state index in [0.29, 0.717) is 6.42 Å². The van der Waals surface area contributed by atoms with Crippen molar-refractivity contribution in [1.82, 2.24) is 19.6 Å². The molecule has 1 atom stereocenters. The van der Waals surface area contributed by atoms with Crippen LogP contribution in [0.4, 0.5) is 0 Å². The smallest absolute Gasteiger partial charge is 0.226 e. The van der Waals surface area contributed by atoms with E-state index in [-0.39, 0.29) is 11.9 Å². The second-order valence-corrected chi connectivity index (χ2v) is 8.06. The highest BCUT2D eigenvalue weighted by atomic mass is 32.1. The van der Waals surface area contributed by atoms with Crippen molar-refractivity contribution in [3.05, 3.63) is 58.2 Å². The number of pyridine rings is 1.